The Kier molecular flexibility index (Phi) is 3.28. The van der Waals surface area contributed by atoms with Gasteiger partial charge in [0.15, 0.2) is 0 Å². The minimum atomic E-state index is 0.601. The molecule has 0 fully saturated rings. The molecule has 0 amide bonds. The molecule has 3 nitrogen and oxygen atoms in total. The zero-order valence-electron chi connectivity index (χ0n) is 10.3. The standard InChI is InChI=1S/C14H16N2O/c1-10-7-8-12(11(2)9-10)17-14-6-4-5-13(15-3)16-14/h4-9H,1-3H3,(H,15,16). The van der Waals surface area contributed by atoms with E-state index in [0.717, 1.165) is 17.1 Å². The lowest BCUT2D eigenvalue weighted by molar-refractivity contribution is 0.460. The lowest BCUT2D eigenvalue weighted by Gasteiger charge is -2.09. The zero-order chi connectivity index (χ0) is 12.3. The van der Waals surface area contributed by atoms with Crippen molar-refractivity contribution in [3.05, 3.63) is 47.5 Å². The number of hydrogen-bond acceptors (Lipinski definition) is 3. The highest BCUT2D eigenvalue weighted by atomic mass is 16.5. The van der Waals surface area contributed by atoms with E-state index in [4.69, 9.17) is 4.74 Å². The van der Waals surface area contributed by atoms with Crippen LogP contribution in [0.4, 0.5) is 5.82 Å². The molecule has 88 valence electrons. The topological polar surface area (TPSA) is 34.1 Å². The Balaban J connectivity index is 2.25. The summed E-state index contributed by atoms with van der Waals surface area (Å²) in [5, 5.41) is 2.99. The van der Waals surface area contributed by atoms with Gasteiger partial charge >= 0.3 is 0 Å². The van der Waals surface area contributed by atoms with Crippen molar-refractivity contribution in [2.45, 2.75) is 13.8 Å². The quantitative estimate of drug-likeness (QED) is 0.872. The molecule has 0 aliphatic rings. The second kappa shape index (κ2) is 4.87. The molecule has 0 aliphatic carbocycles. The third-order valence-electron chi connectivity index (χ3n) is 2.52. The molecule has 0 radical (unpaired) electrons. The SMILES string of the molecule is CNc1cccc(Oc2ccc(C)cc2C)n1. The summed E-state index contributed by atoms with van der Waals surface area (Å²) in [7, 11) is 1.84. The van der Waals surface area contributed by atoms with Crippen molar-refractivity contribution in [2.24, 2.45) is 0 Å². The van der Waals surface area contributed by atoms with Crippen LogP contribution < -0.4 is 10.1 Å². The molecular weight excluding hydrogens is 212 g/mol. The third-order valence-corrected chi connectivity index (χ3v) is 2.52. The van der Waals surface area contributed by atoms with Gasteiger partial charge in [-0.25, -0.2) is 0 Å². The van der Waals surface area contributed by atoms with Crippen molar-refractivity contribution >= 4 is 5.82 Å². The summed E-state index contributed by atoms with van der Waals surface area (Å²) in [5.41, 5.74) is 2.34. The van der Waals surface area contributed by atoms with Crippen molar-refractivity contribution in [3.8, 4) is 11.6 Å². The van der Waals surface area contributed by atoms with Crippen molar-refractivity contribution in [2.75, 3.05) is 12.4 Å². The largest absolute Gasteiger partial charge is 0.439 e. The molecule has 0 aliphatic heterocycles. The van der Waals surface area contributed by atoms with E-state index in [-0.39, 0.29) is 0 Å². The summed E-state index contributed by atoms with van der Waals surface area (Å²) in [6, 6.07) is 11.8. The molecule has 1 N–H and O–H groups in total. The van der Waals surface area contributed by atoms with E-state index in [1.165, 1.54) is 5.56 Å². The highest BCUT2D eigenvalue weighted by molar-refractivity contribution is 5.40. The number of aromatic nitrogens is 1. The van der Waals surface area contributed by atoms with E-state index < -0.39 is 0 Å². The first-order valence-electron chi connectivity index (χ1n) is 5.59. The van der Waals surface area contributed by atoms with Gasteiger partial charge in [-0.3, -0.25) is 0 Å². The molecule has 0 saturated heterocycles. The van der Waals surface area contributed by atoms with E-state index >= 15 is 0 Å². The lowest BCUT2D eigenvalue weighted by atomic mass is 10.1. The van der Waals surface area contributed by atoms with Crippen LogP contribution in [0.5, 0.6) is 11.6 Å². The molecule has 1 aromatic heterocycles. The number of aryl methyl sites for hydroxylation is 2. The zero-order valence-corrected chi connectivity index (χ0v) is 10.3. The predicted molar refractivity (Wildman–Crippen MR) is 69.8 cm³/mol. The normalized spacial score (nSPS) is 10.1. The highest BCUT2D eigenvalue weighted by Gasteiger charge is 2.03. The number of benzene rings is 1. The van der Waals surface area contributed by atoms with Crippen LogP contribution in [-0.2, 0) is 0 Å². The molecule has 2 aromatic rings. The Bertz CT molecular complexity index is 523. The minimum absolute atomic E-state index is 0.601. The third kappa shape index (κ3) is 2.75. The summed E-state index contributed by atoms with van der Waals surface area (Å²) in [4.78, 5) is 4.32. The Morgan fingerprint density at radius 2 is 1.94 bits per heavy atom. The second-order valence-corrected chi connectivity index (χ2v) is 3.98. The molecule has 3 heteroatoms. The molecule has 0 bridgehead atoms. The Morgan fingerprint density at radius 3 is 2.65 bits per heavy atom. The number of nitrogens with zero attached hydrogens (tertiary/aromatic N) is 1. The summed E-state index contributed by atoms with van der Waals surface area (Å²) in [5.74, 6) is 2.24. The van der Waals surface area contributed by atoms with E-state index in [2.05, 4.69) is 23.3 Å². The first-order valence-corrected chi connectivity index (χ1v) is 5.59. The van der Waals surface area contributed by atoms with Gasteiger partial charge < -0.3 is 10.1 Å². The van der Waals surface area contributed by atoms with Crippen LogP contribution in [-0.4, -0.2) is 12.0 Å². The van der Waals surface area contributed by atoms with Crippen LogP contribution in [0.2, 0.25) is 0 Å². The summed E-state index contributed by atoms with van der Waals surface area (Å²) < 4.78 is 5.76. The molecule has 1 aromatic carbocycles. The molecule has 0 spiro atoms. The second-order valence-electron chi connectivity index (χ2n) is 3.98. The summed E-state index contributed by atoms with van der Waals surface area (Å²) in [6.45, 7) is 4.10. The van der Waals surface area contributed by atoms with Crippen molar-refractivity contribution < 1.29 is 4.74 Å². The number of anilines is 1. The van der Waals surface area contributed by atoms with Crippen LogP contribution >= 0.6 is 0 Å². The first-order chi connectivity index (χ1) is 8.19. The summed E-state index contributed by atoms with van der Waals surface area (Å²) in [6.07, 6.45) is 0. The molecule has 0 atom stereocenters. The van der Waals surface area contributed by atoms with Gasteiger partial charge in [0.25, 0.3) is 0 Å². The fraction of sp³-hybridized carbons (Fsp3) is 0.214. The summed E-state index contributed by atoms with van der Waals surface area (Å²) >= 11 is 0. The van der Waals surface area contributed by atoms with E-state index in [1.807, 2.05) is 44.3 Å². The fourth-order valence-electron chi connectivity index (χ4n) is 1.64. The Labute approximate surface area is 101 Å². The van der Waals surface area contributed by atoms with E-state index in [1.54, 1.807) is 0 Å². The van der Waals surface area contributed by atoms with Gasteiger partial charge in [-0.1, -0.05) is 23.8 Å². The number of nitrogens with one attached hydrogen (secondary N) is 1. The monoisotopic (exact) mass is 228 g/mol. The van der Waals surface area contributed by atoms with Crippen molar-refractivity contribution in [3.63, 3.8) is 0 Å². The maximum absolute atomic E-state index is 5.76. The van der Waals surface area contributed by atoms with Gasteiger partial charge in [0.05, 0.1) is 0 Å². The number of rotatable bonds is 3. The first kappa shape index (κ1) is 11.5. The van der Waals surface area contributed by atoms with Crippen LogP contribution in [0.3, 0.4) is 0 Å². The van der Waals surface area contributed by atoms with Crippen molar-refractivity contribution in [1.29, 1.82) is 0 Å². The molecule has 17 heavy (non-hydrogen) atoms. The van der Waals surface area contributed by atoms with Crippen LogP contribution in [0.25, 0.3) is 0 Å². The van der Waals surface area contributed by atoms with Gasteiger partial charge in [0.2, 0.25) is 5.88 Å². The molecular formula is C14H16N2O. The molecule has 1 heterocycles. The van der Waals surface area contributed by atoms with E-state index in [9.17, 15) is 0 Å². The lowest BCUT2D eigenvalue weighted by Crippen LogP contribution is -1.95. The minimum Gasteiger partial charge on any atom is -0.439 e. The van der Waals surface area contributed by atoms with E-state index in [0.29, 0.717) is 5.88 Å². The van der Waals surface area contributed by atoms with Gasteiger partial charge in [-0.05, 0) is 31.5 Å². The predicted octanol–water partition coefficient (Wildman–Crippen LogP) is 3.53. The molecule has 0 saturated carbocycles. The highest BCUT2D eigenvalue weighted by Crippen LogP contribution is 2.24. The van der Waals surface area contributed by atoms with Crippen molar-refractivity contribution in [1.82, 2.24) is 4.98 Å². The fourth-order valence-corrected chi connectivity index (χ4v) is 1.64. The van der Waals surface area contributed by atoms with Gasteiger partial charge in [0, 0.05) is 13.1 Å². The molecule has 0 unspecified atom stereocenters. The maximum Gasteiger partial charge on any atom is 0.221 e. The smallest absolute Gasteiger partial charge is 0.221 e. The Morgan fingerprint density at radius 1 is 1.12 bits per heavy atom. The van der Waals surface area contributed by atoms with Crippen LogP contribution in [0.1, 0.15) is 11.1 Å². The number of ether oxygens (including phenoxy) is 1. The number of hydrogen-bond donors (Lipinski definition) is 1. The Hall–Kier alpha value is -2.03. The number of pyridine rings is 1. The van der Waals surface area contributed by atoms with Crippen LogP contribution in [0.15, 0.2) is 36.4 Å². The molecule has 2 rings (SSSR count). The average molecular weight is 228 g/mol. The van der Waals surface area contributed by atoms with Gasteiger partial charge in [-0.15, -0.1) is 0 Å². The van der Waals surface area contributed by atoms with Gasteiger partial charge in [-0.2, -0.15) is 4.98 Å². The van der Waals surface area contributed by atoms with Gasteiger partial charge in [0.1, 0.15) is 11.6 Å². The maximum atomic E-state index is 5.76. The van der Waals surface area contributed by atoms with Crippen LogP contribution in [0, 0.1) is 13.8 Å². The average Bonchev–Trinajstić information content (AvgIpc) is 2.33.